The molecule has 2 unspecified atom stereocenters. The molecular formula is C17H24N2O6. The SMILES string of the molecule is C[C@@H]1CN(Cc2ccccc2)[C@@](C)(OC(C(=O)O)C(O)C(=O)O)CN1. The van der Waals surface area contributed by atoms with Crippen molar-refractivity contribution in [2.45, 2.75) is 44.4 Å². The van der Waals surface area contributed by atoms with Gasteiger partial charge in [-0.05, 0) is 19.4 Å². The fraction of sp³-hybridized carbons (Fsp3) is 0.529. The summed E-state index contributed by atoms with van der Waals surface area (Å²) in [5.41, 5.74) is -0.0564. The lowest BCUT2D eigenvalue weighted by Crippen LogP contribution is -2.65. The van der Waals surface area contributed by atoms with Crippen molar-refractivity contribution < 1.29 is 29.6 Å². The zero-order valence-corrected chi connectivity index (χ0v) is 14.3. The number of nitrogens with zero attached hydrogens (tertiary/aromatic N) is 1. The van der Waals surface area contributed by atoms with Crippen LogP contribution in [0.5, 0.6) is 0 Å². The number of carboxylic acids is 2. The fourth-order valence-electron chi connectivity index (χ4n) is 2.87. The van der Waals surface area contributed by atoms with Gasteiger partial charge in [0.15, 0.2) is 12.2 Å². The van der Waals surface area contributed by atoms with E-state index in [1.54, 1.807) is 6.92 Å². The topological polar surface area (TPSA) is 119 Å². The Morgan fingerprint density at radius 3 is 2.52 bits per heavy atom. The Morgan fingerprint density at radius 1 is 1.32 bits per heavy atom. The van der Waals surface area contributed by atoms with E-state index in [4.69, 9.17) is 9.84 Å². The van der Waals surface area contributed by atoms with E-state index in [-0.39, 0.29) is 6.04 Å². The predicted octanol–water partition coefficient (Wildman–Crippen LogP) is 0.112. The van der Waals surface area contributed by atoms with E-state index in [9.17, 15) is 19.8 Å². The van der Waals surface area contributed by atoms with Gasteiger partial charge in [-0.2, -0.15) is 0 Å². The van der Waals surface area contributed by atoms with Crippen LogP contribution in [0.3, 0.4) is 0 Å². The molecule has 1 aliphatic rings. The van der Waals surface area contributed by atoms with Crippen molar-refractivity contribution in [3.05, 3.63) is 35.9 Å². The van der Waals surface area contributed by atoms with Crippen LogP contribution in [0.25, 0.3) is 0 Å². The number of piperazine rings is 1. The Balaban J connectivity index is 2.23. The second kappa shape index (κ2) is 7.92. The third-order valence-electron chi connectivity index (χ3n) is 4.32. The van der Waals surface area contributed by atoms with Gasteiger partial charge < -0.3 is 25.4 Å². The second-order valence-electron chi connectivity index (χ2n) is 6.48. The van der Waals surface area contributed by atoms with Gasteiger partial charge in [-0.1, -0.05) is 30.3 Å². The molecule has 8 heteroatoms. The molecule has 0 bridgehead atoms. The highest BCUT2D eigenvalue weighted by Gasteiger charge is 2.44. The zero-order chi connectivity index (χ0) is 18.6. The first-order valence-corrected chi connectivity index (χ1v) is 8.07. The minimum Gasteiger partial charge on any atom is -0.479 e. The molecule has 0 radical (unpaired) electrons. The molecule has 138 valence electrons. The quantitative estimate of drug-likeness (QED) is 0.546. The number of rotatable bonds is 7. The summed E-state index contributed by atoms with van der Waals surface area (Å²) < 4.78 is 5.63. The lowest BCUT2D eigenvalue weighted by molar-refractivity contribution is -0.222. The van der Waals surface area contributed by atoms with Gasteiger partial charge >= 0.3 is 11.9 Å². The summed E-state index contributed by atoms with van der Waals surface area (Å²) in [6, 6.07) is 9.79. The van der Waals surface area contributed by atoms with Crippen LogP contribution in [0.4, 0.5) is 0 Å². The molecule has 4 atom stereocenters. The smallest absolute Gasteiger partial charge is 0.336 e. The van der Waals surface area contributed by atoms with E-state index >= 15 is 0 Å². The molecule has 25 heavy (non-hydrogen) atoms. The van der Waals surface area contributed by atoms with Crippen molar-refractivity contribution in [1.82, 2.24) is 10.2 Å². The maximum Gasteiger partial charge on any atom is 0.336 e. The highest BCUT2D eigenvalue weighted by atomic mass is 16.6. The first kappa shape index (κ1) is 19.3. The van der Waals surface area contributed by atoms with Crippen molar-refractivity contribution in [3.8, 4) is 0 Å². The Morgan fingerprint density at radius 2 is 1.96 bits per heavy atom. The monoisotopic (exact) mass is 352 g/mol. The largest absolute Gasteiger partial charge is 0.479 e. The molecule has 1 aromatic rings. The molecular weight excluding hydrogens is 328 g/mol. The van der Waals surface area contributed by atoms with E-state index in [0.29, 0.717) is 19.6 Å². The molecule has 0 aliphatic carbocycles. The number of carboxylic acid groups (broad SMARTS) is 2. The molecule has 2 rings (SSSR count). The summed E-state index contributed by atoms with van der Waals surface area (Å²) >= 11 is 0. The summed E-state index contributed by atoms with van der Waals surface area (Å²) in [6.45, 7) is 5.09. The third-order valence-corrected chi connectivity index (χ3v) is 4.32. The first-order valence-electron chi connectivity index (χ1n) is 8.07. The van der Waals surface area contributed by atoms with E-state index in [0.717, 1.165) is 5.56 Å². The molecule has 1 fully saturated rings. The van der Waals surface area contributed by atoms with Gasteiger partial charge in [0.1, 0.15) is 5.72 Å². The number of hydrogen-bond acceptors (Lipinski definition) is 6. The molecule has 1 heterocycles. The number of carbonyl (C=O) groups is 2. The maximum atomic E-state index is 11.4. The van der Waals surface area contributed by atoms with Gasteiger partial charge in [-0.25, -0.2) is 9.59 Å². The Labute approximate surface area is 146 Å². The molecule has 1 aliphatic heterocycles. The lowest BCUT2D eigenvalue weighted by atomic mass is 10.0. The van der Waals surface area contributed by atoms with Gasteiger partial charge in [0, 0.05) is 25.7 Å². The van der Waals surface area contributed by atoms with E-state index in [1.165, 1.54) is 0 Å². The number of aliphatic carboxylic acids is 2. The van der Waals surface area contributed by atoms with Crippen LogP contribution in [-0.2, 0) is 20.9 Å². The molecule has 0 amide bonds. The van der Waals surface area contributed by atoms with Crippen LogP contribution in [0, 0.1) is 0 Å². The van der Waals surface area contributed by atoms with Crippen LogP contribution in [0.15, 0.2) is 30.3 Å². The molecule has 0 aromatic heterocycles. The molecule has 1 aromatic carbocycles. The highest BCUT2D eigenvalue weighted by molar-refractivity contribution is 5.83. The van der Waals surface area contributed by atoms with E-state index in [2.05, 4.69) is 5.32 Å². The van der Waals surface area contributed by atoms with Crippen LogP contribution in [0.2, 0.25) is 0 Å². The summed E-state index contributed by atoms with van der Waals surface area (Å²) in [7, 11) is 0. The standard InChI is InChI=1S/C17H24N2O6/c1-11-8-19(9-12-6-4-3-5-7-12)17(2,10-18-11)25-14(16(23)24)13(20)15(21)22/h3-7,11,13-14,18,20H,8-10H2,1-2H3,(H,21,22)(H,23,24)/t11-,13?,14?,17+/m1/s1. The van der Waals surface area contributed by atoms with Gasteiger partial charge in [0.2, 0.25) is 0 Å². The number of hydrogen-bond donors (Lipinski definition) is 4. The van der Waals surface area contributed by atoms with Gasteiger partial charge in [0.05, 0.1) is 0 Å². The predicted molar refractivity (Wildman–Crippen MR) is 88.9 cm³/mol. The lowest BCUT2D eigenvalue weighted by Gasteiger charge is -2.48. The summed E-state index contributed by atoms with van der Waals surface area (Å²) in [4.78, 5) is 24.3. The van der Waals surface area contributed by atoms with E-state index < -0.39 is 29.9 Å². The van der Waals surface area contributed by atoms with E-state index in [1.807, 2.05) is 42.2 Å². The molecule has 0 saturated carbocycles. The highest BCUT2D eigenvalue weighted by Crippen LogP contribution is 2.26. The maximum absolute atomic E-state index is 11.4. The van der Waals surface area contributed by atoms with Crippen LogP contribution in [-0.4, -0.2) is 69.2 Å². The number of aliphatic hydroxyl groups is 1. The second-order valence-corrected chi connectivity index (χ2v) is 6.48. The number of ether oxygens (including phenoxy) is 1. The van der Waals surface area contributed by atoms with Gasteiger partial charge in [-0.15, -0.1) is 0 Å². The first-order chi connectivity index (χ1) is 11.7. The number of benzene rings is 1. The average molecular weight is 352 g/mol. The van der Waals surface area contributed by atoms with Crippen molar-refractivity contribution in [2.24, 2.45) is 0 Å². The van der Waals surface area contributed by atoms with Gasteiger partial charge in [0.25, 0.3) is 0 Å². The average Bonchev–Trinajstić information content (AvgIpc) is 2.56. The molecule has 0 spiro atoms. The molecule has 1 saturated heterocycles. The Hall–Kier alpha value is -2.00. The minimum absolute atomic E-state index is 0.160. The third kappa shape index (κ3) is 4.76. The summed E-state index contributed by atoms with van der Waals surface area (Å²) in [5.74, 6) is -3.16. The van der Waals surface area contributed by atoms with Crippen molar-refractivity contribution >= 4 is 11.9 Å². The van der Waals surface area contributed by atoms with Crippen LogP contribution >= 0.6 is 0 Å². The van der Waals surface area contributed by atoms with Crippen LogP contribution < -0.4 is 5.32 Å². The summed E-state index contributed by atoms with van der Waals surface area (Å²) in [6.07, 6.45) is -4.01. The fourth-order valence-corrected chi connectivity index (χ4v) is 2.87. The molecule has 8 nitrogen and oxygen atoms in total. The van der Waals surface area contributed by atoms with Gasteiger partial charge in [-0.3, -0.25) is 4.90 Å². The van der Waals surface area contributed by atoms with Crippen molar-refractivity contribution in [1.29, 1.82) is 0 Å². The Bertz CT molecular complexity index is 610. The Kier molecular flexibility index (Phi) is 6.12. The number of nitrogens with one attached hydrogen (secondary N) is 1. The number of aliphatic hydroxyl groups excluding tert-OH is 1. The minimum atomic E-state index is -2.15. The van der Waals surface area contributed by atoms with Crippen LogP contribution in [0.1, 0.15) is 19.4 Å². The molecule has 4 N–H and O–H groups in total. The van der Waals surface area contributed by atoms with Crippen molar-refractivity contribution in [3.63, 3.8) is 0 Å². The normalized spacial score (nSPS) is 26.8. The zero-order valence-electron chi connectivity index (χ0n) is 14.3. The van der Waals surface area contributed by atoms with Crippen molar-refractivity contribution in [2.75, 3.05) is 13.1 Å². The summed E-state index contributed by atoms with van der Waals surface area (Å²) in [5, 5.41) is 31.1.